The Balaban J connectivity index is 1.72. The molecule has 2 aromatic carbocycles. The minimum Gasteiger partial charge on any atom is -0.481 e. The van der Waals surface area contributed by atoms with Crippen LogP contribution in [0, 0.1) is 0 Å². The first kappa shape index (κ1) is 19.2. The molecule has 0 atom stereocenters. The molecule has 0 aromatic heterocycles. The van der Waals surface area contributed by atoms with Gasteiger partial charge in [0.15, 0.2) is 0 Å². The lowest BCUT2D eigenvalue weighted by atomic mass is 10.1. The van der Waals surface area contributed by atoms with Crippen LogP contribution in [0.1, 0.15) is 24.0 Å². The van der Waals surface area contributed by atoms with Crippen LogP contribution in [0.2, 0.25) is 0 Å². The Labute approximate surface area is 152 Å². The quantitative estimate of drug-likeness (QED) is 0.644. The van der Waals surface area contributed by atoms with Crippen LogP contribution in [0.3, 0.4) is 0 Å². The topological polar surface area (TPSA) is 95.5 Å². The molecule has 0 unspecified atom stereocenters. The van der Waals surface area contributed by atoms with Crippen LogP contribution in [0.25, 0.3) is 0 Å². The Morgan fingerprint density at radius 1 is 0.846 bits per heavy atom. The van der Waals surface area contributed by atoms with Crippen molar-refractivity contribution in [2.45, 2.75) is 25.7 Å². The third-order valence-corrected chi connectivity index (χ3v) is 3.72. The summed E-state index contributed by atoms with van der Waals surface area (Å²) in [4.78, 5) is 34.4. The number of hydrogen-bond donors (Lipinski definition) is 3. The Hall–Kier alpha value is -3.15. The molecule has 2 rings (SSSR count). The average molecular weight is 354 g/mol. The van der Waals surface area contributed by atoms with E-state index in [0.29, 0.717) is 12.1 Å². The fourth-order valence-corrected chi connectivity index (χ4v) is 2.44. The van der Waals surface area contributed by atoms with E-state index in [1.54, 1.807) is 18.2 Å². The van der Waals surface area contributed by atoms with Crippen LogP contribution >= 0.6 is 0 Å². The first-order valence-corrected chi connectivity index (χ1v) is 8.44. The van der Waals surface area contributed by atoms with Crippen molar-refractivity contribution in [2.75, 3.05) is 11.9 Å². The number of hydrogen-bond acceptors (Lipinski definition) is 3. The van der Waals surface area contributed by atoms with Gasteiger partial charge in [0.2, 0.25) is 11.8 Å². The summed E-state index contributed by atoms with van der Waals surface area (Å²) in [6.07, 6.45) is 0.910. The molecule has 26 heavy (non-hydrogen) atoms. The monoisotopic (exact) mass is 354 g/mol. The molecular weight excluding hydrogens is 332 g/mol. The highest BCUT2D eigenvalue weighted by Crippen LogP contribution is 2.12. The van der Waals surface area contributed by atoms with Crippen molar-refractivity contribution in [3.8, 4) is 0 Å². The highest BCUT2D eigenvalue weighted by atomic mass is 16.4. The lowest BCUT2D eigenvalue weighted by molar-refractivity contribution is -0.137. The molecule has 0 heterocycles. The summed E-state index contributed by atoms with van der Waals surface area (Å²) in [7, 11) is 0. The summed E-state index contributed by atoms with van der Waals surface area (Å²) in [5, 5.41) is 14.2. The smallest absolute Gasteiger partial charge is 0.303 e. The molecule has 0 radical (unpaired) electrons. The second-order valence-electron chi connectivity index (χ2n) is 5.90. The number of aryl methyl sites for hydroxylation is 1. The van der Waals surface area contributed by atoms with E-state index in [2.05, 4.69) is 10.6 Å². The minimum absolute atomic E-state index is 0.0465. The molecule has 0 aliphatic carbocycles. The Morgan fingerprint density at radius 3 is 2.31 bits per heavy atom. The number of carboxylic acid groups (broad SMARTS) is 1. The van der Waals surface area contributed by atoms with Crippen LogP contribution in [-0.2, 0) is 27.2 Å². The van der Waals surface area contributed by atoms with Crippen molar-refractivity contribution >= 4 is 23.5 Å². The van der Waals surface area contributed by atoms with Crippen molar-refractivity contribution in [3.63, 3.8) is 0 Å². The fraction of sp³-hybridized carbons (Fsp3) is 0.250. The van der Waals surface area contributed by atoms with E-state index in [9.17, 15) is 14.4 Å². The lowest BCUT2D eigenvalue weighted by Gasteiger charge is -2.08. The van der Waals surface area contributed by atoms with Gasteiger partial charge >= 0.3 is 5.97 Å². The van der Waals surface area contributed by atoms with Crippen molar-refractivity contribution < 1.29 is 19.5 Å². The molecule has 2 amide bonds. The molecule has 0 fully saturated rings. The molecule has 3 N–H and O–H groups in total. The third kappa shape index (κ3) is 7.17. The standard InChI is InChI=1S/C20H22N2O4/c23-18(11-12-21-19(24)14-15-5-2-1-3-6-15)22-17-8-4-7-16(13-17)9-10-20(25)26/h1-8,13H,9-12,14H2,(H,21,24)(H,22,23)(H,25,26). The lowest BCUT2D eigenvalue weighted by Crippen LogP contribution is -2.28. The zero-order valence-corrected chi connectivity index (χ0v) is 14.4. The summed E-state index contributed by atoms with van der Waals surface area (Å²) in [5.74, 6) is -1.19. The van der Waals surface area contributed by atoms with Crippen molar-refractivity contribution in [3.05, 3.63) is 65.7 Å². The predicted octanol–water partition coefficient (Wildman–Crippen LogP) is 2.39. The molecule has 136 valence electrons. The summed E-state index contributed by atoms with van der Waals surface area (Å²) < 4.78 is 0. The molecular formula is C20H22N2O4. The van der Waals surface area contributed by atoms with E-state index in [1.807, 2.05) is 36.4 Å². The summed E-state index contributed by atoms with van der Waals surface area (Å²) in [6.45, 7) is 0.260. The van der Waals surface area contributed by atoms with Crippen LogP contribution in [0.15, 0.2) is 54.6 Å². The predicted molar refractivity (Wildman–Crippen MR) is 98.8 cm³/mol. The Kier molecular flexibility index (Phi) is 7.36. The maximum Gasteiger partial charge on any atom is 0.303 e. The van der Waals surface area contributed by atoms with Gasteiger partial charge in [0.25, 0.3) is 0 Å². The van der Waals surface area contributed by atoms with Gasteiger partial charge in [-0.05, 0) is 29.7 Å². The normalized spacial score (nSPS) is 10.2. The van der Waals surface area contributed by atoms with Gasteiger partial charge in [-0.3, -0.25) is 14.4 Å². The van der Waals surface area contributed by atoms with E-state index < -0.39 is 5.97 Å². The molecule has 0 saturated heterocycles. The SMILES string of the molecule is O=C(O)CCc1cccc(NC(=O)CCNC(=O)Cc2ccccc2)c1. The number of rotatable bonds is 9. The number of nitrogens with one attached hydrogen (secondary N) is 2. The van der Waals surface area contributed by atoms with Gasteiger partial charge in [-0.15, -0.1) is 0 Å². The number of carboxylic acids is 1. The maximum atomic E-state index is 12.0. The molecule has 6 nitrogen and oxygen atoms in total. The second kappa shape index (κ2) is 9.98. The van der Waals surface area contributed by atoms with Gasteiger partial charge in [0.05, 0.1) is 6.42 Å². The van der Waals surface area contributed by atoms with Gasteiger partial charge in [0.1, 0.15) is 0 Å². The number of amides is 2. The fourth-order valence-electron chi connectivity index (χ4n) is 2.44. The minimum atomic E-state index is -0.856. The van der Waals surface area contributed by atoms with Crippen molar-refractivity contribution in [1.82, 2.24) is 5.32 Å². The van der Waals surface area contributed by atoms with Gasteiger partial charge in [0, 0.05) is 25.1 Å². The van der Waals surface area contributed by atoms with Gasteiger partial charge in [-0.2, -0.15) is 0 Å². The van der Waals surface area contributed by atoms with Gasteiger partial charge < -0.3 is 15.7 Å². The van der Waals surface area contributed by atoms with Gasteiger partial charge in [-0.25, -0.2) is 0 Å². The molecule has 0 spiro atoms. The first-order chi connectivity index (χ1) is 12.5. The first-order valence-electron chi connectivity index (χ1n) is 8.44. The van der Waals surface area contributed by atoms with Crippen LogP contribution in [0.5, 0.6) is 0 Å². The summed E-state index contributed by atoms with van der Waals surface area (Å²) >= 11 is 0. The molecule has 2 aromatic rings. The third-order valence-electron chi connectivity index (χ3n) is 3.72. The molecule has 0 aliphatic rings. The number of anilines is 1. The van der Waals surface area contributed by atoms with E-state index in [-0.39, 0.29) is 37.6 Å². The van der Waals surface area contributed by atoms with Crippen LogP contribution in [0.4, 0.5) is 5.69 Å². The number of carbonyl (C=O) groups is 3. The Morgan fingerprint density at radius 2 is 1.58 bits per heavy atom. The molecule has 6 heteroatoms. The molecule has 0 bridgehead atoms. The highest BCUT2D eigenvalue weighted by Gasteiger charge is 2.07. The van der Waals surface area contributed by atoms with E-state index >= 15 is 0 Å². The van der Waals surface area contributed by atoms with Crippen molar-refractivity contribution in [1.29, 1.82) is 0 Å². The van der Waals surface area contributed by atoms with Crippen LogP contribution in [-0.4, -0.2) is 29.4 Å². The number of carbonyl (C=O) groups excluding carboxylic acids is 2. The summed E-state index contributed by atoms with van der Waals surface area (Å²) in [5.41, 5.74) is 2.39. The zero-order valence-electron chi connectivity index (χ0n) is 14.4. The summed E-state index contributed by atoms with van der Waals surface area (Å²) in [6, 6.07) is 16.5. The molecule has 0 aliphatic heterocycles. The van der Waals surface area contributed by atoms with Crippen LogP contribution < -0.4 is 10.6 Å². The van der Waals surface area contributed by atoms with E-state index in [1.165, 1.54) is 0 Å². The Bertz CT molecular complexity index is 759. The average Bonchev–Trinajstić information content (AvgIpc) is 2.61. The van der Waals surface area contributed by atoms with Gasteiger partial charge in [-0.1, -0.05) is 42.5 Å². The highest BCUT2D eigenvalue weighted by molar-refractivity contribution is 5.91. The van der Waals surface area contributed by atoms with E-state index in [4.69, 9.17) is 5.11 Å². The van der Waals surface area contributed by atoms with E-state index in [0.717, 1.165) is 11.1 Å². The molecule has 0 saturated carbocycles. The van der Waals surface area contributed by atoms with Crippen molar-refractivity contribution in [2.24, 2.45) is 0 Å². The second-order valence-corrected chi connectivity index (χ2v) is 5.90. The number of benzene rings is 2. The number of aliphatic carboxylic acids is 1. The maximum absolute atomic E-state index is 12.0. The zero-order chi connectivity index (χ0) is 18.8. The largest absolute Gasteiger partial charge is 0.481 e.